The van der Waals surface area contributed by atoms with Crippen LogP contribution in [0.2, 0.25) is 5.02 Å². The molecular weight excluding hydrogens is 375 g/mol. The van der Waals surface area contributed by atoms with Crippen molar-refractivity contribution in [2.75, 3.05) is 11.1 Å². The number of nitrogen functional groups attached to an aromatic ring is 1. The molecule has 2 aromatic rings. The zero-order chi connectivity index (χ0) is 15.6. The van der Waals surface area contributed by atoms with Gasteiger partial charge >= 0.3 is 6.36 Å². The van der Waals surface area contributed by atoms with E-state index in [-0.39, 0.29) is 16.5 Å². The Morgan fingerprint density at radius 1 is 1.29 bits per heavy atom. The lowest BCUT2D eigenvalue weighted by Gasteiger charge is -2.15. The van der Waals surface area contributed by atoms with Crippen molar-refractivity contribution in [3.8, 4) is 5.75 Å². The highest BCUT2D eigenvalue weighted by atomic mass is 79.9. The number of aromatic nitrogens is 1. The molecule has 21 heavy (non-hydrogen) atoms. The van der Waals surface area contributed by atoms with Gasteiger partial charge in [-0.1, -0.05) is 27.5 Å². The summed E-state index contributed by atoms with van der Waals surface area (Å²) < 4.78 is 41.6. The molecule has 0 aliphatic heterocycles. The third-order valence-corrected chi connectivity index (χ3v) is 3.07. The van der Waals surface area contributed by atoms with Crippen molar-refractivity contribution in [1.29, 1.82) is 0 Å². The molecule has 1 aromatic carbocycles. The van der Waals surface area contributed by atoms with Gasteiger partial charge in [-0.2, -0.15) is 0 Å². The lowest BCUT2D eigenvalue weighted by molar-refractivity contribution is -0.274. The molecule has 1 heterocycles. The highest BCUT2D eigenvalue weighted by Gasteiger charge is 2.32. The van der Waals surface area contributed by atoms with E-state index < -0.39 is 12.1 Å². The standard InChI is InChI=1S/C12H8BrClF3N3O/c13-6-1-2-9(10(3-6)21-12(15,16)17)20-11-8(14)4-7(18)5-19-11/h1-5H,18H2,(H,19,20). The Bertz CT molecular complexity index is 667. The van der Waals surface area contributed by atoms with E-state index in [1.54, 1.807) is 6.07 Å². The van der Waals surface area contributed by atoms with Gasteiger partial charge in [0.15, 0.2) is 5.75 Å². The van der Waals surface area contributed by atoms with Gasteiger partial charge in [-0.3, -0.25) is 0 Å². The second-order valence-corrected chi connectivity index (χ2v) is 5.24. The maximum atomic E-state index is 12.4. The van der Waals surface area contributed by atoms with E-state index in [0.717, 1.165) is 0 Å². The van der Waals surface area contributed by atoms with Crippen molar-refractivity contribution in [2.45, 2.75) is 6.36 Å². The van der Waals surface area contributed by atoms with Gasteiger partial charge in [0.05, 0.1) is 22.6 Å². The van der Waals surface area contributed by atoms with Gasteiger partial charge in [0.1, 0.15) is 5.82 Å². The second kappa shape index (κ2) is 5.98. The van der Waals surface area contributed by atoms with Gasteiger partial charge in [-0.15, -0.1) is 13.2 Å². The molecule has 0 atom stereocenters. The molecule has 0 aliphatic rings. The van der Waals surface area contributed by atoms with Crippen LogP contribution >= 0.6 is 27.5 Å². The minimum Gasteiger partial charge on any atom is -0.404 e. The number of ether oxygens (including phenoxy) is 1. The molecular formula is C12H8BrClF3N3O. The van der Waals surface area contributed by atoms with Gasteiger partial charge < -0.3 is 15.8 Å². The molecule has 0 radical (unpaired) electrons. The molecule has 2 rings (SSSR count). The summed E-state index contributed by atoms with van der Waals surface area (Å²) in [5.74, 6) is -0.244. The summed E-state index contributed by atoms with van der Waals surface area (Å²) in [5.41, 5.74) is 5.90. The van der Waals surface area contributed by atoms with Crippen molar-refractivity contribution in [2.24, 2.45) is 0 Å². The van der Waals surface area contributed by atoms with Crippen LogP contribution < -0.4 is 15.8 Å². The fraction of sp³-hybridized carbons (Fsp3) is 0.0833. The van der Waals surface area contributed by atoms with Crippen LogP contribution in [-0.4, -0.2) is 11.3 Å². The van der Waals surface area contributed by atoms with Crippen molar-refractivity contribution in [3.05, 3.63) is 40.0 Å². The Morgan fingerprint density at radius 2 is 2.00 bits per heavy atom. The summed E-state index contributed by atoms with van der Waals surface area (Å²) >= 11 is 9.00. The fourth-order valence-electron chi connectivity index (χ4n) is 1.48. The Balaban J connectivity index is 2.35. The van der Waals surface area contributed by atoms with Crippen molar-refractivity contribution in [1.82, 2.24) is 4.98 Å². The van der Waals surface area contributed by atoms with E-state index in [1.807, 2.05) is 0 Å². The third-order valence-electron chi connectivity index (χ3n) is 2.28. The number of hydrogen-bond donors (Lipinski definition) is 2. The highest BCUT2D eigenvalue weighted by molar-refractivity contribution is 9.10. The van der Waals surface area contributed by atoms with E-state index in [4.69, 9.17) is 17.3 Å². The number of benzene rings is 1. The molecule has 4 nitrogen and oxygen atoms in total. The van der Waals surface area contributed by atoms with Gasteiger partial charge in [0, 0.05) is 4.47 Å². The van der Waals surface area contributed by atoms with Crippen LogP contribution in [-0.2, 0) is 0 Å². The van der Waals surface area contributed by atoms with Crippen molar-refractivity contribution >= 4 is 44.7 Å². The monoisotopic (exact) mass is 381 g/mol. The molecule has 0 aliphatic carbocycles. The van der Waals surface area contributed by atoms with Gasteiger partial charge in [0.25, 0.3) is 0 Å². The number of halogens is 5. The number of rotatable bonds is 3. The van der Waals surface area contributed by atoms with Crippen LogP contribution in [0.15, 0.2) is 34.9 Å². The third kappa shape index (κ3) is 4.40. The maximum absolute atomic E-state index is 12.4. The number of nitrogens with two attached hydrogens (primary N) is 1. The summed E-state index contributed by atoms with van der Waals surface area (Å²) in [6.45, 7) is 0. The predicted octanol–water partition coefficient (Wildman–Crippen LogP) is 4.72. The molecule has 1 aromatic heterocycles. The summed E-state index contributed by atoms with van der Waals surface area (Å²) in [4.78, 5) is 3.92. The highest BCUT2D eigenvalue weighted by Crippen LogP contribution is 2.35. The number of nitrogens with zero attached hydrogens (tertiary/aromatic N) is 1. The first kappa shape index (κ1) is 15.7. The van der Waals surface area contributed by atoms with Gasteiger partial charge in [-0.25, -0.2) is 4.98 Å². The quantitative estimate of drug-likeness (QED) is 0.806. The minimum atomic E-state index is -4.81. The lowest BCUT2D eigenvalue weighted by Crippen LogP contribution is -2.18. The van der Waals surface area contributed by atoms with Crippen LogP contribution in [0.3, 0.4) is 0 Å². The molecule has 0 saturated heterocycles. The van der Waals surface area contributed by atoms with E-state index in [0.29, 0.717) is 10.2 Å². The first-order valence-corrected chi connectivity index (χ1v) is 6.65. The van der Waals surface area contributed by atoms with E-state index in [1.165, 1.54) is 24.4 Å². The number of nitrogens with one attached hydrogen (secondary N) is 1. The zero-order valence-electron chi connectivity index (χ0n) is 10.2. The normalized spacial score (nSPS) is 11.3. The Labute approximate surface area is 131 Å². The van der Waals surface area contributed by atoms with Crippen LogP contribution in [0.1, 0.15) is 0 Å². The zero-order valence-corrected chi connectivity index (χ0v) is 12.6. The molecule has 0 fully saturated rings. The average molecular weight is 383 g/mol. The van der Waals surface area contributed by atoms with E-state index >= 15 is 0 Å². The number of alkyl halides is 3. The molecule has 0 bridgehead atoms. The van der Waals surface area contributed by atoms with Crippen molar-refractivity contribution in [3.63, 3.8) is 0 Å². The van der Waals surface area contributed by atoms with Crippen LogP contribution in [0.5, 0.6) is 5.75 Å². The van der Waals surface area contributed by atoms with E-state index in [9.17, 15) is 13.2 Å². The van der Waals surface area contributed by atoms with Gasteiger partial charge in [-0.05, 0) is 24.3 Å². The Morgan fingerprint density at radius 3 is 2.62 bits per heavy atom. The fourth-order valence-corrected chi connectivity index (χ4v) is 2.04. The first-order valence-electron chi connectivity index (χ1n) is 5.48. The minimum absolute atomic E-state index is 0.0645. The summed E-state index contributed by atoms with van der Waals surface area (Å²) in [6, 6.07) is 5.57. The molecule has 9 heteroatoms. The number of hydrogen-bond acceptors (Lipinski definition) is 4. The second-order valence-electron chi connectivity index (χ2n) is 3.91. The maximum Gasteiger partial charge on any atom is 0.573 e. The Kier molecular flexibility index (Phi) is 4.48. The summed E-state index contributed by atoms with van der Waals surface area (Å²) in [7, 11) is 0. The first-order chi connectivity index (χ1) is 9.74. The van der Waals surface area contributed by atoms with Gasteiger partial charge in [0.2, 0.25) is 0 Å². The van der Waals surface area contributed by atoms with Crippen LogP contribution in [0.25, 0.3) is 0 Å². The largest absolute Gasteiger partial charge is 0.573 e. The predicted molar refractivity (Wildman–Crippen MR) is 77.8 cm³/mol. The molecule has 3 N–H and O–H groups in total. The Hall–Kier alpha value is -1.67. The topological polar surface area (TPSA) is 60.2 Å². The summed E-state index contributed by atoms with van der Waals surface area (Å²) in [6.07, 6.45) is -3.48. The number of pyridine rings is 1. The summed E-state index contributed by atoms with van der Waals surface area (Å²) in [5, 5.41) is 2.85. The SMILES string of the molecule is Nc1cnc(Nc2ccc(Br)cc2OC(F)(F)F)c(Cl)c1. The smallest absolute Gasteiger partial charge is 0.404 e. The van der Waals surface area contributed by atoms with E-state index in [2.05, 4.69) is 31.0 Å². The number of anilines is 3. The van der Waals surface area contributed by atoms with Crippen molar-refractivity contribution < 1.29 is 17.9 Å². The molecule has 112 valence electrons. The molecule has 0 spiro atoms. The van der Waals surface area contributed by atoms with Crippen LogP contribution in [0, 0.1) is 0 Å². The molecule has 0 unspecified atom stereocenters. The van der Waals surface area contributed by atoms with Crippen LogP contribution in [0.4, 0.5) is 30.4 Å². The molecule has 0 amide bonds. The lowest BCUT2D eigenvalue weighted by atomic mass is 10.3. The molecule has 0 saturated carbocycles. The average Bonchev–Trinajstić information content (AvgIpc) is 2.33.